The van der Waals surface area contributed by atoms with Crippen LogP contribution in [0.2, 0.25) is 0 Å². The number of nitrogens with zero attached hydrogens (tertiary/aromatic N) is 1. The summed E-state index contributed by atoms with van der Waals surface area (Å²) < 4.78 is 66.5. The number of aromatic nitrogens is 2. The number of aromatic amines is 1. The van der Waals surface area contributed by atoms with Crippen molar-refractivity contribution in [2.75, 3.05) is 35.6 Å². The molecule has 3 N–H and O–H groups in total. The van der Waals surface area contributed by atoms with Gasteiger partial charge in [0.2, 0.25) is 10.0 Å². The standard InChI is InChI=1S/C27H28F2N4O5S/c1-3-12-39(35,36)33-22-9-8-21(28)24(25(22)29)27(34)31-19-13-18-15-23(32-26(18)30-16-19)17-6-5-7-20(14-17)38-11-10-37-4-2/h5-9,13-16,33H,3-4,10-12H2,1-2H3,(H,30,32)(H,31,34). The molecule has 2 aromatic heterocycles. The van der Waals surface area contributed by atoms with Gasteiger partial charge in [0.25, 0.3) is 5.91 Å². The van der Waals surface area contributed by atoms with Crippen LogP contribution in [0, 0.1) is 11.6 Å². The van der Waals surface area contributed by atoms with Crippen molar-refractivity contribution in [3.63, 3.8) is 0 Å². The molecule has 2 heterocycles. The van der Waals surface area contributed by atoms with Crippen LogP contribution in [-0.4, -0.2) is 49.9 Å². The maximum absolute atomic E-state index is 15.0. The summed E-state index contributed by atoms with van der Waals surface area (Å²) in [6, 6.07) is 12.6. The molecule has 0 saturated carbocycles. The fourth-order valence-electron chi connectivity index (χ4n) is 3.88. The molecule has 0 saturated heterocycles. The number of H-pyrrole nitrogens is 1. The van der Waals surface area contributed by atoms with E-state index in [1.54, 1.807) is 13.0 Å². The van der Waals surface area contributed by atoms with Gasteiger partial charge in [0.05, 0.1) is 29.9 Å². The van der Waals surface area contributed by atoms with E-state index in [1.807, 2.05) is 37.3 Å². The molecule has 0 aliphatic carbocycles. The fraction of sp³-hybridized carbons (Fsp3) is 0.259. The molecule has 2 aromatic carbocycles. The first kappa shape index (κ1) is 28.0. The van der Waals surface area contributed by atoms with Crippen LogP contribution < -0.4 is 14.8 Å². The maximum Gasteiger partial charge on any atom is 0.261 e. The van der Waals surface area contributed by atoms with Crippen LogP contribution in [0.3, 0.4) is 0 Å². The molecular weight excluding hydrogens is 530 g/mol. The second-order valence-electron chi connectivity index (χ2n) is 8.58. The molecule has 0 spiro atoms. The number of halogens is 2. The number of ether oxygens (including phenoxy) is 2. The van der Waals surface area contributed by atoms with Gasteiger partial charge in [0, 0.05) is 23.3 Å². The molecule has 39 heavy (non-hydrogen) atoms. The maximum atomic E-state index is 15.0. The Labute approximate surface area is 224 Å². The van der Waals surface area contributed by atoms with Crippen molar-refractivity contribution < 1.29 is 31.5 Å². The molecule has 1 amide bonds. The van der Waals surface area contributed by atoms with Crippen LogP contribution in [0.15, 0.2) is 54.7 Å². The number of rotatable bonds is 12. The summed E-state index contributed by atoms with van der Waals surface area (Å²) in [5, 5.41) is 3.08. The Morgan fingerprint density at radius 1 is 1.08 bits per heavy atom. The van der Waals surface area contributed by atoms with Gasteiger partial charge in [0.1, 0.15) is 29.4 Å². The van der Waals surface area contributed by atoms with E-state index in [4.69, 9.17) is 9.47 Å². The number of nitrogens with one attached hydrogen (secondary N) is 3. The molecule has 0 aliphatic rings. The van der Waals surface area contributed by atoms with Gasteiger partial charge < -0.3 is 19.8 Å². The minimum absolute atomic E-state index is 0.196. The first-order valence-corrected chi connectivity index (χ1v) is 14.0. The minimum atomic E-state index is -3.85. The zero-order valence-electron chi connectivity index (χ0n) is 21.4. The Bertz CT molecular complexity index is 1590. The Morgan fingerprint density at radius 2 is 1.90 bits per heavy atom. The van der Waals surface area contributed by atoms with Crippen molar-refractivity contribution in [3.05, 3.63) is 71.9 Å². The van der Waals surface area contributed by atoms with Crippen molar-refractivity contribution in [2.45, 2.75) is 20.3 Å². The first-order valence-electron chi connectivity index (χ1n) is 12.3. The van der Waals surface area contributed by atoms with Crippen molar-refractivity contribution in [1.82, 2.24) is 9.97 Å². The van der Waals surface area contributed by atoms with Crippen LogP contribution in [0.4, 0.5) is 20.2 Å². The molecule has 4 rings (SSSR count). The van der Waals surface area contributed by atoms with E-state index in [2.05, 4.69) is 20.0 Å². The lowest BCUT2D eigenvalue weighted by Gasteiger charge is -2.12. The number of anilines is 2. The highest BCUT2D eigenvalue weighted by Gasteiger charge is 2.23. The second kappa shape index (κ2) is 12.2. The SMILES string of the molecule is CCCS(=O)(=O)Nc1ccc(F)c(C(=O)Nc2cnc3[nH]c(-c4cccc(OCCOCC)c4)cc3c2)c1F. The van der Waals surface area contributed by atoms with Crippen LogP contribution >= 0.6 is 0 Å². The fourth-order valence-corrected chi connectivity index (χ4v) is 5.01. The number of carbonyl (C=O) groups is 1. The Morgan fingerprint density at radius 3 is 2.67 bits per heavy atom. The zero-order valence-corrected chi connectivity index (χ0v) is 22.2. The highest BCUT2D eigenvalue weighted by atomic mass is 32.2. The molecule has 0 unspecified atom stereocenters. The van der Waals surface area contributed by atoms with Gasteiger partial charge in [-0.3, -0.25) is 9.52 Å². The number of amides is 1. The summed E-state index contributed by atoms with van der Waals surface area (Å²) in [4.78, 5) is 20.3. The summed E-state index contributed by atoms with van der Waals surface area (Å²) in [6.07, 6.45) is 1.65. The van der Waals surface area contributed by atoms with Gasteiger partial charge in [-0.1, -0.05) is 19.1 Å². The van der Waals surface area contributed by atoms with Crippen molar-refractivity contribution in [2.24, 2.45) is 0 Å². The van der Waals surface area contributed by atoms with Crippen molar-refractivity contribution >= 4 is 38.3 Å². The van der Waals surface area contributed by atoms with Gasteiger partial charge in [-0.05, 0) is 49.7 Å². The molecule has 206 valence electrons. The lowest BCUT2D eigenvalue weighted by molar-refractivity contribution is 0.101. The average molecular weight is 559 g/mol. The lowest BCUT2D eigenvalue weighted by Crippen LogP contribution is -2.20. The van der Waals surface area contributed by atoms with Gasteiger partial charge in [-0.25, -0.2) is 22.2 Å². The number of benzene rings is 2. The molecule has 0 atom stereocenters. The predicted molar refractivity (Wildman–Crippen MR) is 146 cm³/mol. The van der Waals surface area contributed by atoms with Crippen LogP contribution in [0.25, 0.3) is 22.3 Å². The molecular formula is C27H28F2N4O5S. The normalized spacial score (nSPS) is 11.5. The summed E-state index contributed by atoms with van der Waals surface area (Å²) >= 11 is 0. The zero-order chi connectivity index (χ0) is 28.0. The highest BCUT2D eigenvalue weighted by molar-refractivity contribution is 7.92. The van der Waals surface area contributed by atoms with E-state index in [0.29, 0.717) is 43.0 Å². The largest absolute Gasteiger partial charge is 0.491 e. The van der Waals surface area contributed by atoms with E-state index >= 15 is 0 Å². The number of sulfonamides is 1. The van der Waals surface area contributed by atoms with Crippen LogP contribution in [-0.2, 0) is 14.8 Å². The monoisotopic (exact) mass is 558 g/mol. The number of carbonyl (C=O) groups excluding carboxylic acids is 1. The summed E-state index contributed by atoms with van der Waals surface area (Å²) in [5.74, 6) is -3.11. The first-order chi connectivity index (χ1) is 18.7. The number of fused-ring (bicyclic) bond motifs is 1. The van der Waals surface area contributed by atoms with Gasteiger partial charge in [-0.15, -0.1) is 0 Å². The summed E-state index contributed by atoms with van der Waals surface area (Å²) in [5.41, 5.74) is 0.905. The second-order valence-corrected chi connectivity index (χ2v) is 10.4. The molecule has 4 aromatic rings. The third-order valence-corrected chi connectivity index (χ3v) is 7.11. The third-order valence-electron chi connectivity index (χ3n) is 5.63. The summed E-state index contributed by atoms with van der Waals surface area (Å²) in [6.45, 7) is 5.08. The Kier molecular flexibility index (Phi) is 8.77. The third kappa shape index (κ3) is 6.89. The number of hydrogen-bond donors (Lipinski definition) is 3. The predicted octanol–water partition coefficient (Wildman–Crippen LogP) is 5.33. The van der Waals surface area contributed by atoms with Gasteiger partial charge in [-0.2, -0.15) is 0 Å². The Hall–Kier alpha value is -4.03. The van der Waals surface area contributed by atoms with Crippen molar-refractivity contribution in [1.29, 1.82) is 0 Å². The minimum Gasteiger partial charge on any atom is -0.491 e. The summed E-state index contributed by atoms with van der Waals surface area (Å²) in [7, 11) is -3.85. The molecule has 0 fully saturated rings. The quantitative estimate of drug-likeness (QED) is 0.202. The molecule has 0 bridgehead atoms. The van der Waals surface area contributed by atoms with E-state index < -0.39 is 38.8 Å². The van der Waals surface area contributed by atoms with Crippen molar-refractivity contribution in [3.8, 4) is 17.0 Å². The molecule has 9 nitrogen and oxygen atoms in total. The topological polar surface area (TPSA) is 122 Å². The van der Waals surface area contributed by atoms with Gasteiger partial charge >= 0.3 is 0 Å². The van der Waals surface area contributed by atoms with E-state index in [-0.39, 0.29) is 11.4 Å². The number of pyridine rings is 1. The highest BCUT2D eigenvalue weighted by Crippen LogP contribution is 2.28. The average Bonchev–Trinajstić information content (AvgIpc) is 3.32. The van der Waals surface area contributed by atoms with E-state index in [9.17, 15) is 22.0 Å². The van der Waals surface area contributed by atoms with Gasteiger partial charge in [0.15, 0.2) is 5.82 Å². The molecule has 0 radical (unpaired) electrons. The Balaban J connectivity index is 1.53. The molecule has 12 heteroatoms. The van der Waals surface area contributed by atoms with Crippen LogP contribution in [0.5, 0.6) is 5.75 Å². The molecule has 0 aliphatic heterocycles. The number of hydrogen-bond acceptors (Lipinski definition) is 6. The van der Waals surface area contributed by atoms with E-state index in [1.165, 1.54) is 6.20 Å². The lowest BCUT2D eigenvalue weighted by atomic mass is 10.1. The van der Waals surface area contributed by atoms with E-state index in [0.717, 1.165) is 23.4 Å². The van der Waals surface area contributed by atoms with Crippen LogP contribution in [0.1, 0.15) is 30.6 Å². The smallest absolute Gasteiger partial charge is 0.261 e.